The van der Waals surface area contributed by atoms with Crippen molar-refractivity contribution in [3.05, 3.63) is 0 Å². The van der Waals surface area contributed by atoms with Crippen molar-refractivity contribution in [2.75, 3.05) is 26.8 Å². The molecule has 0 saturated carbocycles. The molecule has 0 aromatic rings. The number of carbonyl (C=O) groups is 2. The summed E-state index contributed by atoms with van der Waals surface area (Å²) in [4.78, 5) is 23.4. The van der Waals surface area contributed by atoms with Crippen molar-refractivity contribution >= 4 is 11.9 Å². The third-order valence-electron chi connectivity index (χ3n) is 3.26. The molecule has 1 heterocycles. The molecule has 20 heavy (non-hydrogen) atoms. The van der Waals surface area contributed by atoms with Gasteiger partial charge in [0, 0.05) is 0 Å². The number of methoxy groups -OCH3 is 1. The van der Waals surface area contributed by atoms with Crippen LogP contribution >= 0.6 is 0 Å². The van der Waals surface area contributed by atoms with Gasteiger partial charge in [-0.05, 0) is 38.3 Å². The van der Waals surface area contributed by atoms with Gasteiger partial charge in [0.15, 0.2) is 0 Å². The predicted molar refractivity (Wildman–Crippen MR) is 75.2 cm³/mol. The molecular weight excluding hydrogens is 260 g/mol. The molecule has 1 rings (SSSR count). The van der Waals surface area contributed by atoms with Gasteiger partial charge in [-0.15, -0.1) is 0 Å². The Balaban J connectivity index is 2.34. The minimum Gasteiger partial charge on any atom is -0.467 e. The SMILES string of the molecule is COC(=O)[C@H](CC(C)C)NC(=O)COC1CCNCC1. The standard InChI is InChI=1S/C14H26N2O4/c1-10(2)8-12(14(18)19-3)16-13(17)9-20-11-4-6-15-7-5-11/h10-12,15H,4-9H2,1-3H3,(H,16,17)/t12-/m0/s1. The maximum atomic E-state index is 11.8. The summed E-state index contributed by atoms with van der Waals surface area (Å²) in [5.74, 6) is -0.377. The summed E-state index contributed by atoms with van der Waals surface area (Å²) < 4.78 is 10.3. The Kier molecular flexibility index (Phi) is 7.54. The van der Waals surface area contributed by atoms with Crippen LogP contribution in [0.3, 0.4) is 0 Å². The number of nitrogens with one attached hydrogen (secondary N) is 2. The Bertz CT molecular complexity index is 314. The molecule has 2 N–H and O–H groups in total. The van der Waals surface area contributed by atoms with Crippen LogP contribution in [0.5, 0.6) is 0 Å². The van der Waals surface area contributed by atoms with Crippen molar-refractivity contribution in [3.8, 4) is 0 Å². The van der Waals surface area contributed by atoms with Crippen molar-refractivity contribution in [3.63, 3.8) is 0 Å². The molecule has 1 aliphatic rings. The second kappa shape index (κ2) is 8.92. The molecule has 0 aromatic carbocycles. The minimum atomic E-state index is -0.593. The number of ether oxygens (including phenoxy) is 2. The first-order chi connectivity index (χ1) is 9.52. The summed E-state index contributed by atoms with van der Waals surface area (Å²) in [6, 6.07) is -0.593. The van der Waals surface area contributed by atoms with Crippen LogP contribution < -0.4 is 10.6 Å². The minimum absolute atomic E-state index is 0.00371. The van der Waals surface area contributed by atoms with Gasteiger partial charge in [-0.25, -0.2) is 4.79 Å². The topological polar surface area (TPSA) is 76.7 Å². The Hall–Kier alpha value is -1.14. The molecule has 0 aliphatic carbocycles. The summed E-state index contributed by atoms with van der Waals surface area (Å²) in [6.07, 6.45) is 2.52. The monoisotopic (exact) mass is 286 g/mol. The number of rotatable bonds is 7. The lowest BCUT2D eigenvalue weighted by atomic mass is 10.0. The highest BCUT2D eigenvalue weighted by Gasteiger charge is 2.23. The first kappa shape index (κ1) is 16.9. The fraction of sp³-hybridized carbons (Fsp3) is 0.857. The summed E-state index contributed by atoms with van der Waals surface area (Å²) >= 11 is 0. The third kappa shape index (κ3) is 6.34. The Morgan fingerprint density at radius 1 is 1.30 bits per heavy atom. The van der Waals surface area contributed by atoms with E-state index in [4.69, 9.17) is 9.47 Å². The molecule has 6 nitrogen and oxygen atoms in total. The van der Waals surface area contributed by atoms with E-state index in [0.29, 0.717) is 12.3 Å². The first-order valence-corrected chi connectivity index (χ1v) is 7.22. The molecule has 0 unspecified atom stereocenters. The van der Waals surface area contributed by atoms with Gasteiger partial charge in [0.2, 0.25) is 5.91 Å². The highest BCUT2D eigenvalue weighted by molar-refractivity contribution is 5.85. The van der Waals surface area contributed by atoms with Crippen molar-refractivity contribution < 1.29 is 19.1 Å². The second-order valence-corrected chi connectivity index (χ2v) is 5.53. The molecule has 116 valence electrons. The molecule has 0 spiro atoms. The number of hydrogen-bond donors (Lipinski definition) is 2. The van der Waals surface area contributed by atoms with Crippen LogP contribution in [-0.2, 0) is 19.1 Å². The number of carbonyl (C=O) groups excluding carboxylic acids is 2. The lowest BCUT2D eigenvalue weighted by molar-refractivity contribution is -0.146. The van der Waals surface area contributed by atoms with E-state index >= 15 is 0 Å². The number of amides is 1. The van der Waals surface area contributed by atoms with E-state index in [0.717, 1.165) is 25.9 Å². The summed E-state index contributed by atoms with van der Waals surface area (Å²) in [6.45, 7) is 5.83. The van der Waals surface area contributed by atoms with Crippen LogP contribution in [0.1, 0.15) is 33.1 Å². The van der Waals surface area contributed by atoms with Gasteiger partial charge in [-0.2, -0.15) is 0 Å². The molecule has 1 fully saturated rings. The number of esters is 1. The molecular formula is C14H26N2O4. The number of piperidine rings is 1. The lowest BCUT2D eigenvalue weighted by Crippen LogP contribution is -2.44. The van der Waals surface area contributed by atoms with Crippen LogP contribution in [-0.4, -0.2) is 50.8 Å². The Morgan fingerprint density at radius 3 is 2.50 bits per heavy atom. The summed E-state index contributed by atoms with van der Waals surface area (Å²) in [7, 11) is 1.33. The molecule has 0 aromatic heterocycles. The zero-order chi connectivity index (χ0) is 15.0. The Morgan fingerprint density at radius 2 is 1.95 bits per heavy atom. The van der Waals surface area contributed by atoms with Crippen LogP contribution in [0.25, 0.3) is 0 Å². The molecule has 0 bridgehead atoms. The lowest BCUT2D eigenvalue weighted by Gasteiger charge is -2.23. The zero-order valence-corrected chi connectivity index (χ0v) is 12.6. The normalized spacial score (nSPS) is 17.8. The van der Waals surface area contributed by atoms with E-state index in [2.05, 4.69) is 10.6 Å². The first-order valence-electron chi connectivity index (χ1n) is 7.22. The van der Waals surface area contributed by atoms with Crippen molar-refractivity contribution in [1.29, 1.82) is 0 Å². The molecule has 1 aliphatic heterocycles. The zero-order valence-electron chi connectivity index (χ0n) is 12.6. The molecule has 1 atom stereocenters. The summed E-state index contributed by atoms with van der Waals surface area (Å²) in [5, 5.41) is 5.92. The molecule has 0 radical (unpaired) electrons. The van der Waals surface area contributed by atoms with E-state index in [-0.39, 0.29) is 18.6 Å². The van der Waals surface area contributed by atoms with Gasteiger partial charge in [-0.1, -0.05) is 13.8 Å². The van der Waals surface area contributed by atoms with Gasteiger partial charge < -0.3 is 20.1 Å². The molecule has 1 amide bonds. The van der Waals surface area contributed by atoms with Crippen molar-refractivity contribution in [2.45, 2.75) is 45.3 Å². The van der Waals surface area contributed by atoms with Gasteiger partial charge >= 0.3 is 5.97 Å². The third-order valence-corrected chi connectivity index (χ3v) is 3.26. The fourth-order valence-corrected chi connectivity index (χ4v) is 2.22. The quantitative estimate of drug-likeness (QED) is 0.665. The average Bonchev–Trinajstić information content (AvgIpc) is 2.44. The highest BCUT2D eigenvalue weighted by Crippen LogP contribution is 2.08. The maximum Gasteiger partial charge on any atom is 0.328 e. The van der Waals surface area contributed by atoms with Crippen LogP contribution in [0, 0.1) is 5.92 Å². The smallest absolute Gasteiger partial charge is 0.328 e. The van der Waals surface area contributed by atoms with Crippen LogP contribution in [0.4, 0.5) is 0 Å². The molecule has 1 saturated heterocycles. The fourth-order valence-electron chi connectivity index (χ4n) is 2.22. The van der Waals surface area contributed by atoms with Gasteiger partial charge in [0.25, 0.3) is 0 Å². The van der Waals surface area contributed by atoms with Crippen molar-refractivity contribution in [1.82, 2.24) is 10.6 Å². The van der Waals surface area contributed by atoms with E-state index in [9.17, 15) is 9.59 Å². The number of hydrogen-bond acceptors (Lipinski definition) is 5. The van der Waals surface area contributed by atoms with Gasteiger partial charge in [0.05, 0.1) is 13.2 Å². The highest BCUT2D eigenvalue weighted by atomic mass is 16.5. The van der Waals surface area contributed by atoms with E-state index in [1.165, 1.54) is 7.11 Å². The van der Waals surface area contributed by atoms with E-state index in [1.54, 1.807) is 0 Å². The largest absolute Gasteiger partial charge is 0.467 e. The Labute approximate surface area is 120 Å². The predicted octanol–water partition coefficient (Wildman–Crippen LogP) is 0.459. The van der Waals surface area contributed by atoms with Crippen molar-refractivity contribution in [2.24, 2.45) is 5.92 Å². The van der Waals surface area contributed by atoms with E-state index in [1.807, 2.05) is 13.8 Å². The molecule has 6 heteroatoms. The van der Waals surface area contributed by atoms with Gasteiger partial charge in [0.1, 0.15) is 12.6 Å². The van der Waals surface area contributed by atoms with Crippen LogP contribution in [0.2, 0.25) is 0 Å². The second-order valence-electron chi connectivity index (χ2n) is 5.53. The van der Waals surface area contributed by atoms with Crippen LogP contribution in [0.15, 0.2) is 0 Å². The summed E-state index contributed by atoms with van der Waals surface area (Å²) in [5.41, 5.74) is 0. The van der Waals surface area contributed by atoms with Gasteiger partial charge in [-0.3, -0.25) is 4.79 Å². The maximum absolute atomic E-state index is 11.8. The van der Waals surface area contributed by atoms with E-state index < -0.39 is 12.0 Å². The average molecular weight is 286 g/mol.